The van der Waals surface area contributed by atoms with E-state index in [4.69, 9.17) is 15.6 Å². The number of hydrogen-bond donors (Lipinski definition) is 2. The van der Waals surface area contributed by atoms with Crippen molar-refractivity contribution in [1.82, 2.24) is 4.90 Å². The fraction of sp³-hybridized carbons (Fsp3) is 0.917. The largest absolute Gasteiger partial charge is 0.480 e. The number of ether oxygens (including phenoxy) is 1. The summed E-state index contributed by atoms with van der Waals surface area (Å²) in [4.78, 5) is 13.3. The van der Waals surface area contributed by atoms with Crippen LogP contribution in [0.2, 0.25) is 0 Å². The van der Waals surface area contributed by atoms with E-state index in [1.54, 1.807) is 0 Å². The lowest BCUT2D eigenvalue weighted by molar-refractivity contribution is -0.145. The Bertz CT molecular complexity index is 260. The van der Waals surface area contributed by atoms with Crippen LogP contribution in [0, 0.1) is 0 Å². The van der Waals surface area contributed by atoms with Gasteiger partial charge in [0.1, 0.15) is 5.54 Å². The SMILES string of the molecule is CCOCCN(C)C1CCCC(N)(C(=O)O)C1. The first-order valence-electron chi connectivity index (χ1n) is 6.30. The Hall–Kier alpha value is -0.650. The molecule has 100 valence electrons. The molecule has 2 unspecified atom stereocenters. The minimum Gasteiger partial charge on any atom is -0.480 e. The van der Waals surface area contributed by atoms with Gasteiger partial charge in [-0.25, -0.2) is 0 Å². The van der Waals surface area contributed by atoms with Crippen molar-refractivity contribution in [1.29, 1.82) is 0 Å². The zero-order chi connectivity index (χ0) is 12.9. The van der Waals surface area contributed by atoms with Gasteiger partial charge in [-0.1, -0.05) is 0 Å². The number of rotatable bonds is 6. The summed E-state index contributed by atoms with van der Waals surface area (Å²) in [5, 5.41) is 9.14. The molecule has 17 heavy (non-hydrogen) atoms. The van der Waals surface area contributed by atoms with Gasteiger partial charge in [0.2, 0.25) is 0 Å². The van der Waals surface area contributed by atoms with E-state index in [1.165, 1.54) is 0 Å². The molecule has 0 aromatic rings. The van der Waals surface area contributed by atoms with Crippen LogP contribution in [-0.4, -0.2) is 54.4 Å². The molecule has 0 amide bonds. The smallest absolute Gasteiger partial charge is 0.323 e. The maximum atomic E-state index is 11.1. The maximum Gasteiger partial charge on any atom is 0.323 e. The van der Waals surface area contributed by atoms with Crippen LogP contribution in [0.15, 0.2) is 0 Å². The molecule has 0 aromatic heterocycles. The molecule has 3 N–H and O–H groups in total. The third-order valence-corrected chi connectivity index (χ3v) is 3.60. The van der Waals surface area contributed by atoms with E-state index in [2.05, 4.69) is 4.90 Å². The summed E-state index contributed by atoms with van der Waals surface area (Å²) in [5.41, 5.74) is 4.89. The summed E-state index contributed by atoms with van der Waals surface area (Å²) >= 11 is 0. The Morgan fingerprint density at radius 2 is 2.35 bits per heavy atom. The van der Waals surface area contributed by atoms with E-state index in [0.717, 1.165) is 19.4 Å². The quantitative estimate of drug-likeness (QED) is 0.672. The highest BCUT2D eigenvalue weighted by Gasteiger charge is 2.40. The number of hydrogen-bond acceptors (Lipinski definition) is 4. The van der Waals surface area contributed by atoms with Gasteiger partial charge in [-0.05, 0) is 39.7 Å². The highest BCUT2D eigenvalue weighted by atomic mass is 16.5. The minimum atomic E-state index is -1.04. The fourth-order valence-corrected chi connectivity index (χ4v) is 2.38. The van der Waals surface area contributed by atoms with E-state index in [-0.39, 0.29) is 6.04 Å². The summed E-state index contributed by atoms with van der Waals surface area (Å²) < 4.78 is 5.31. The Morgan fingerprint density at radius 3 is 2.94 bits per heavy atom. The monoisotopic (exact) mass is 244 g/mol. The van der Waals surface area contributed by atoms with Crippen molar-refractivity contribution >= 4 is 5.97 Å². The van der Waals surface area contributed by atoms with Crippen LogP contribution in [0.5, 0.6) is 0 Å². The molecule has 0 spiro atoms. The van der Waals surface area contributed by atoms with Crippen LogP contribution in [0.3, 0.4) is 0 Å². The molecule has 0 saturated heterocycles. The van der Waals surface area contributed by atoms with Gasteiger partial charge in [0, 0.05) is 19.2 Å². The first-order chi connectivity index (χ1) is 7.99. The molecule has 1 aliphatic rings. The van der Waals surface area contributed by atoms with Gasteiger partial charge in [0.05, 0.1) is 6.61 Å². The number of nitrogens with zero attached hydrogens (tertiary/aromatic N) is 1. The van der Waals surface area contributed by atoms with Crippen molar-refractivity contribution in [3.05, 3.63) is 0 Å². The maximum absolute atomic E-state index is 11.1. The van der Waals surface area contributed by atoms with Crippen LogP contribution in [0.25, 0.3) is 0 Å². The van der Waals surface area contributed by atoms with E-state index >= 15 is 0 Å². The van der Waals surface area contributed by atoms with Gasteiger partial charge < -0.3 is 20.5 Å². The summed E-state index contributed by atoms with van der Waals surface area (Å²) in [6, 6.07) is 0.255. The average molecular weight is 244 g/mol. The molecule has 0 radical (unpaired) electrons. The zero-order valence-electron chi connectivity index (χ0n) is 10.8. The predicted octanol–water partition coefficient (Wildman–Crippen LogP) is 0.679. The molecule has 0 aromatic carbocycles. The molecule has 0 heterocycles. The fourth-order valence-electron chi connectivity index (χ4n) is 2.38. The molecule has 0 bridgehead atoms. The second kappa shape index (κ2) is 6.33. The van der Waals surface area contributed by atoms with E-state index in [1.807, 2.05) is 14.0 Å². The molecular weight excluding hydrogens is 220 g/mol. The summed E-state index contributed by atoms with van der Waals surface area (Å²) in [6.07, 6.45) is 3.02. The summed E-state index contributed by atoms with van der Waals surface area (Å²) in [6.45, 7) is 4.20. The Morgan fingerprint density at radius 1 is 1.65 bits per heavy atom. The van der Waals surface area contributed by atoms with Crippen LogP contribution in [-0.2, 0) is 9.53 Å². The minimum absolute atomic E-state index is 0.255. The predicted molar refractivity (Wildman–Crippen MR) is 65.9 cm³/mol. The molecule has 1 fully saturated rings. The number of carboxylic acid groups (broad SMARTS) is 1. The lowest BCUT2D eigenvalue weighted by Gasteiger charge is -2.39. The van der Waals surface area contributed by atoms with E-state index in [0.29, 0.717) is 26.1 Å². The molecule has 0 aliphatic heterocycles. The van der Waals surface area contributed by atoms with Crippen molar-refractivity contribution < 1.29 is 14.6 Å². The molecule has 2 atom stereocenters. The normalized spacial score (nSPS) is 29.5. The van der Waals surface area contributed by atoms with Crippen molar-refractivity contribution in [2.75, 3.05) is 26.8 Å². The number of carbonyl (C=O) groups is 1. The van der Waals surface area contributed by atoms with Crippen molar-refractivity contribution in [3.63, 3.8) is 0 Å². The average Bonchev–Trinajstić information content (AvgIpc) is 2.29. The lowest BCUT2D eigenvalue weighted by atomic mass is 9.79. The second-order valence-corrected chi connectivity index (χ2v) is 4.89. The van der Waals surface area contributed by atoms with Gasteiger partial charge in [0.25, 0.3) is 0 Å². The summed E-state index contributed by atoms with van der Waals surface area (Å²) in [5.74, 6) is -0.875. The van der Waals surface area contributed by atoms with Gasteiger partial charge in [-0.15, -0.1) is 0 Å². The van der Waals surface area contributed by atoms with E-state index < -0.39 is 11.5 Å². The number of nitrogens with two attached hydrogens (primary N) is 1. The highest BCUT2D eigenvalue weighted by molar-refractivity contribution is 5.78. The molecular formula is C12H24N2O3. The molecule has 1 rings (SSSR count). The van der Waals surface area contributed by atoms with Crippen LogP contribution in [0.1, 0.15) is 32.6 Å². The van der Waals surface area contributed by atoms with Gasteiger partial charge in [-0.3, -0.25) is 4.79 Å². The highest BCUT2D eigenvalue weighted by Crippen LogP contribution is 2.29. The number of likely N-dealkylation sites (N-methyl/N-ethyl adjacent to an activating group) is 1. The van der Waals surface area contributed by atoms with Crippen LogP contribution < -0.4 is 5.73 Å². The van der Waals surface area contributed by atoms with Gasteiger partial charge >= 0.3 is 5.97 Å². The van der Waals surface area contributed by atoms with Crippen LogP contribution in [0.4, 0.5) is 0 Å². The second-order valence-electron chi connectivity index (χ2n) is 4.89. The molecule has 5 heteroatoms. The van der Waals surface area contributed by atoms with E-state index in [9.17, 15) is 4.79 Å². The summed E-state index contributed by atoms with van der Waals surface area (Å²) in [7, 11) is 2.01. The van der Waals surface area contributed by atoms with Crippen LogP contribution >= 0.6 is 0 Å². The number of carboxylic acids is 1. The van der Waals surface area contributed by atoms with Crippen molar-refractivity contribution in [2.45, 2.75) is 44.2 Å². The standard InChI is InChI=1S/C12H24N2O3/c1-3-17-8-7-14(2)10-5-4-6-12(13,9-10)11(15)16/h10H,3-9,13H2,1-2H3,(H,15,16). The molecule has 1 saturated carbocycles. The topological polar surface area (TPSA) is 75.8 Å². The number of aliphatic carboxylic acids is 1. The van der Waals surface area contributed by atoms with Gasteiger partial charge in [-0.2, -0.15) is 0 Å². The molecule has 1 aliphatic carbocycles. The Balaban J connectivity index is 2.45. The first-order valence-corrected chi connectivity index (χ1v) is 6.30. The van der Waals surface area contributed by atoms with Crippen molar-refractivity contribution in [3.8, 4) is 0 Å². The lowest BCUT2D eigenvalue weighted by Crippen LogP contribution is -2.55. The zero-order valence-corrected chi connectivity index (χ0v) is 10.8. The van der Waals surface area contributed by atoms with Crippen molar-refractivity contribution in [2.24, 2.45) is 5.73 Å². The Kier molecular flexibility index (Phi) is 5.36. The first kappa shape index (κ1) is 14.4. The third kappa shape index (κ3) is 3.94. The molecule has 5 nitrogen and oxygen atoms in total. The third-order valence-electron chi connectivity index (χ3n) is 3.60. The van der Waals surface area contributed by atoms with Gasteiger partial charge in [0.15, 0.2) is 0 Å². The Labute approximate surface area is 103 Å².